The minimum atomic E-state index is -0.0507. The van der Waals surface area contributed by atoms with Gasteiger partial charge in [-0.1, -0.05) is 6.07 Å². The number of nitrogens with two attached hydrogens (primary N) is 1. The third-order valence-corrected chi connectivity index (χ3v) is 3.17. The number of likely N-dealkylation sites (N-methyl/N-ethyl adjacent to an activating group) is 1. The molecule has 0 aromatic heterocycles. The topological polar surface area (TPSA) is 64.8 Å². The van der Waals surface area contributed by atoms with E-state index in [-0.39, 0.29) is 11.9 Å². The molecule has 0 aliphatic rings. The number of hydrogen-bond acceptors (Lipinski definition) is 4. The van der Waals surface area contributed by atoms with Crippen LogP contribution in [-0.4, -0.2) is 50.8 Å². The van der Waals surface area contributed by atoms with E-state index in [1.54, 1.807) is 31.2 Å². The van der Waals surface area contributed by atoms with Crippen molar-refractivity contribution in [1.29, 1.82) is 0 Å². The van der Waals surface area contributed by atoms with Crippen LogP contribution in [0.4, 0.5) is 0 Å². The molecule has 0 spiro atoms. The molecular formula is C15H24N2O3. The van der Waals surface area contributed by atoms with Gasteiger partial charge < -0.3 is 20.1 Å². The molecule has 0 radical (unpaired) electrons. The zero-order valence-electron chi connectivity index (χ0n) is 12.5. The Balaban J connectivity index is 2.65. The molecule has 0 saturated heterocycles. The minimum Gasteiger partial charge on any atom is -0.493 e. The number of carbonyl (C=O) groups excluding carboxylic acids is 1. The third kappa shape index (κ3) is 4.83. The summed E-state index contributed by atoms with van der Waals surface area (Å²) in [6.07, 6.45) is 0.818. The van der Waals surface area contributed by atoms with Crippen molar-refractivity contribution in [2.24, 2.45) is 5.73 Å². The number of carbonyl (C=O) groups is 1. The second kappa shape index (κ2) is 8.55. The van der Waals surface area contributed by atoms with Crippen LogP contribution in [-0.2, 0) is 4.74 Å². The Bertz CT molecular complexity index is 423. The van der Waals surface area contributed by atoms with Gasteiger partial charge in [-0.05, 0) is 25.1 Å². The summed E-state index contributed by atoms with van der Waals surface area (Å²) >= 11 is 0. The van der Waals surface area contributed by atoms with Gasteiger partial charge >= 0.3 is 0 Å². The van der Waals surface area contributed by atoms with Gasteiger partial charge in [-0.15, -0.1) is 0 Å². The Morgan fingerprint density at radius 3 is 2.80 bits per heavy atom. The second-order valence-corrected chi connectivity index (χ2v) is 4.72. The van der Waals surface area contributed by atoms with E-state index in [1.807, 2.05) is 19.1 Å². The molecule has 0 saturated carbocycles. The molecule has 1 unspecified atom stereocenters. The van der Waals surface area contributed by atoms with Gasteiger partial charge in [0.2, 0.25) is 0 Å². The molecule has 1 aromatic carbocycles. The molecule has 0 bridgehead atoms. The Hall–Kier alpha value is -1.59. The maximum Gasteiger partial charge on any atom is 0.254 e. The quantitative estimate of drug-likeness (QED) is 0.733. The third-order valence-electron chi connectivity index (χ3n) is 3.17. The van der Waals surface area contributed by atoms with E-state index < -0.39 is 0 Å². The summed E-state index contributed by atoms with van der Waals surface area (Å²) in [7, 11) is 3.42. The van der Waals surface area contributed by atoms with Crippen LogP contribution in [0.1, 0.15) is 23.7 Å². The number of nitrogens with zero attached hydrogens (tertiary/aromatic N) is 1. The lowest BCUT2D eigenvalue weighted by Crippen LogP contribution is -2.39. The standard InChI is InChI=1S/C15H24N2O3/c1-12(11-16)17(2)15(18)13-6-4-7-14(10-13)20-9-5-8-19-3/h4,6-7,10,12H,5,8-9,11,16H2,1-3H3. The molecule has 0 aliphatic carbocycles. The molecule has 5 nitrogen and oxygen atoms in total. The van der Waals surface area contributed by atoms with E-state index in [4.69, 9.17) is 15.2 Å². The van der Waals surface area contributed by atoms with Crippen molar-refractivity contribution in [2.75, 3.05) is 33.9 Å². The highest BCUT2D eigenvalue weighted by Gasteiger charge is 2.16. The van der Waals surface area contributed by atoms with Gasteiger partial charge in [0.25, 0.3) is 5.91 Å². The first kappa shape index (κ1) is 16.5. The summed E-state index contributed by atoms with van der Waals surface area (Å²) in [6, 6.07) is 7.21. The highest BCUT2D eigenvalue weighted by atomic mass is 16.5. The molecule has 0 aliphatic heterocycles. The molecule has 1 atom stereocenters. The number of rotatable bonds is 8. The number of hydrogen-bond donors (Lipinski definition) is 1. The molecule has 1 aromatic rings. The average Bonchev–Trinajstić information content (AvgIpc) is 2.49. The molecule has 0 heterocycles. The molecular weight excluding hydrogens is 256 g/mol. The summed E-state index contributed by atoms with van der Waals surface area (Å²) in [4.78, 5) is 13.9. The predicted octanol–water partition coefficient (Wildman–Crippen LogP) is 1.52. The molecule has 5 heteroatoms. The molecule has 2 N–H and O–H groups in total. The Morgan fingerprint density at radius 2 is 2.15 bits per heavy atom. The van der Waals surface area contributed by atoms with E-state index in [0.717, 1.165) is 6.42 Å². The summed E-state index contributed by atoms with van der Waals surface area (Å²) in [5.74, 6) is 0.644. The average molecular weight is 280 g/mol. The summed E-state index contributed by atoms with van der Waals surface area (Å²) < 4.78 is 10.5. The van der Waals surface area contributed by atoms with Crippen molar-refractivity contribution >= 4 is 5.91 Å². The molecule has 112 valence electrons. The SMILES string of the molecule is COCCCOc1cccc(C(=O)N(C)C(C)CN)c1. The lowest BCUT2D eigenvalue weighted by Gasteiger charge is -2.23. The van der Waals surface area contributed by atoms with Crippen LogP contribution >= 0.6 is 0 Å². The normalized spacial score (nSPS) is 12.0. The van der Waals surface area contributed by atoms with Crippen molar-refractivity contribution in [2.45, 2.75) is 19.4 Å². The molecule has 20 heavy (non-hydrogen) atoms. The molecule has 1 rings (SSSR count). The Labute approximate surface area is 120 Å². The van der Waals surface area contributed by atoms with Crippen LogP contribution in [0, 0.1) is 0 Å². The van der Waals surface area contributed by atoms with Crippen molar-refractivity contribution < 1.29 is 14.3 Å². The van der Waals surface area contributed by atoms with Crippen LogP contribution < -0.4 is 10.5 Å². The lowest BCUT2D eigenvalue weighted by molar-refractivity contribution is 0.0748. The fourth-order valence-electron chi connectivity index (χ4n) is 1.67. The minimum absolute atomic E-state index is 0.00813. The summed E-state index contributed by atoms with van der Waals surface area (Å²) in [6.45, 7) is 3.59. The van der Waals surface area contributed by atoms with E-state index in [0.29, 0.717) is 31.1 Å². The van der Waals surface area contributed by atoms with Crippen LogP contribution in [0.25, 0.3) is 0 Å². The highest BCUT2D eigenvalue weighted by molar-refractivity contribution is 5.94. The zero-order chi connectivity index (χ0) is 15.0. The van der Waals surface area contributed by atoms with Crippen LogP contribution in [0.15, 0.2) is 24.3 Å². The highest BCUT2D eigenvalue weighted by Crippen LogP contribution is 2.15. The van der Waals surface area contributed by atoms with Gasteiger partial charge in [-0.3, -0.25) is 4.79 Å². The maximum absolute atomic E-state index is 12.3. The first-order valence-corrected chi connectivity index (χ1v) is 6.79. The van der Waals surface area contributed by atoms with E-state index in [2.05, 4.69) is 0 Å². The predicted molar refractivity (Wildman–Crippen MR) is 79.0 cm³/mol. The molecule has 1 amide bonds. The lowest BCUT2D eigenvalue weighted by atomic mass is 10.1. The van der Waals surface area contributed by atoms with Gasteiger partial charge in [0, 0.05) is 45.3 Å². The van der Waals surface area contributed by atoms with Crippen molar-refractivity contribution in [3.8, 4) is 5.75 Å². The van der Waals surface area contributed by atoms with Gasteiger partial charge in [0.15, 0.2) is 0 Å². The Kier molecular flexibility index (Phi) is 7.04. The molecule has 0 fully saturated rings. The summed E-state index contributed by atoms with van der Waals surface area (Å²) in [5.41, 5.74) is 6.19. The van der Waals surface area contributed by atoms with Crippen molar-refractivity contribution in [3.05, 3.63) is 29.8 Å². The Morgan fingerprint density at radius 1 is 1.40 bits per heavy atom. The van der Waals surface area contributed by atoms with Crippen LogP contribution in [0.5, 0.6) is 5.75 Å². The van der Waals surface area contributed by atoms with Gasteiger partial charge in [0.1, 0.15) is 5.75 Å². The van der Waals surface area contributed by atoms with Gasteiger partial charge in [0.05, 0.1) is 6.61 Å². The zero-order valence-corrected chi connectivity index (χ0v) is 12.5. The first-order valence-electron chi connectivity index (χ1n) is 6.79. The van der Waals surface area contributed by atoms with Gasteiger partial charge in [-0.25, -0.2) is 0 Å². The number of benzene rings is 1. The van der Waals surface area contributed by atoms with E-state index >= 15 is 0 Å². The first-order chi connectivity index (χ1) is 9.60. The number of methoxy groups -OCH3 is 1. The monoisotopic (exact) mass is 280 g/mol. The van der Waals surface area contributed by atoms with Crippen LogP contribution in [0.3, 0.4) is 0 Å². The van der Waals surface area contributed by atoms with Crippen molar-refractivity contribution in [1.82, 2.24) is 4.90 Å². The number of ether oxygens (including phenoxy) is 2. The van der Waals surface area contributed by atoms with Gasteiger partial charge in [-0.2, -0.15) is 0 Å². The fraction of sp³-hybridized carbons (Fsp3) is 0.533. The van der Waals surface area contributed by atoms with Crippen molar-refractivity contribution in [3.63, 3.8) is 0 Å². The van der Waals surface area contributed by atoms with Crippen LogP contribution in [0.2, 0.25) is 0 Å². The smallest absolute Gasteiger partial charge is 0.254 e. The largest absolute Gasteiger partial charge is 0.493 e. The maximum atomic E-state index is 12.3. The van der Waals surface area contributed by atoms with E-state index in [1.165, 1.54) is 0 Å². The van der Waals surface area contributed by atoms with E-state index in [9.17, 15) is 4.79 Å². The second-order valence-electron chi connectivity index (χ2n) is 4.72. The number of amides is 1. The fourth-order valence-corrected chi connectivity index (χ4v) is 1.67. The summed E-state index contributed by atoms with van der Waals surface area (Å²) in [5, 5.41) is 0.